The van der Waals surface area contributed by atoms with Crippen LogP contribution in [0.15, 0.2) is 50.6 Å². The minimum Gasteiger partial charge on any atom is -0.348 e. The smallest absolute Gasteiger partial charge is 0.266 e. The lowest BCUT2D eigenvalue weighted by atomic mass is 10.1. The fourth-order valence-corrected chi connectivity index (χ4v) is 3.07. The Morgan fingerprint density at radius 1 is 1.28 bits per heavy atom. The summed E-state index contributed by atoms with van der Waals surface area (Å²) in [6.45, 7) is 0.268. The predicted octanol–water partition coefficient (Wildman–Crippen LogP) is 2.57. The molecule has 3 rings (SSSR count). The van der Waals surface area contributed by atoms with Gasteiger partial charge in [-0.25, -0.2) is 0 Å². The van der Waals surface area contributed by atoms with Gasteiger partial charge in [0, 0.05) is 24.8 Å². The van der Waals surface area contributed by atoms with Gasteiger partial charge in [0.2, 0.25) is 5.43 Å². The van der Waals surface area contributed by atoms with Crippen molar-refractivity contribution in [2.75, 3.05) is 0 Å². The van der Waals surface area contributed by atoms with Gasteiger partial charge in [-0.2, -0.15) is 0 Å². The normalized spacial score (nSPS) is 10.8. The Balaban J connectivity index is 1.93. The highest BCUT2D eigenvalue weighted by atomic mass is 79.9. The molecule has 0 fully saturated rings. The molecule has 0 aliphatic carbocycles. The molecule has 128 valence electrons. The van der Waals surface area contributed by atoms with E-state index in [0.29, 0.717) is 10.7 Å². The van der Waals surface area contributed by atoms with Crippen molar-refractivity contribution in [3.63, 3.8) is 0 Å². The molecule has 2 aromatic heterocycles. The van der Waals surface area contributed by atoms with Crippen LogP contribution in [0, 0.1) is 0 Å². The van der Waals surface area contributed by atoms with Gasteiger partial charge in [-0.15, -0.1) is 0 Å². The first-order valence-corrected chi connectivity index (χ1v) is 8.49. The summed E-state index contributed by atoms with van der Waals surface area (Å²) in [5.41, 5.74) is 0.473. The maximum atomic E-state index is 12.6. The Bertz CT molecular complexity index is 1090. The van der Waals surface area contributed by atoms with Gasteiger partial charge in [-0.1, -0.05) is 23.7 Å². The van der Waals surface area contributed by atoms with Gasteiger partial charge in [0.05, 0.1) is 9.86 Å². The molecule has 0 unspecified atom stereocenters. The Labute approximate surface area is 155 Å². The molecule has 8 heteroatoms. The number of fused-ring (bicyclic) bond motifs is 1. The van der Waals surface area contributed by atoms with Crippen molar-refractivity contribution in [1.82, 2.24) is 14.9 Å². The number of amides is 1. The third kappa shape index (κ3) is 3.38. The summed E-state index contributed by atoms with van der Waals surface area (Å²) in [6.07, 6.45) is 1.31. The molecular weight excluding hydrogens is 410 g/mol. The average molecular weight is 423 g/mol. The molecule has 25 heavy (non-hydrogen) atoms. The number of nitrogens with one attached hydrogen (secondary N) is 2. The third-order valence-corrected chi connectivity index (χ3v) is 4.64. The number of rotatable bonds is 3. The zero-order chi connectivity index (χ0) is 18.1. The molecule has 0 saturated heterocycles. The van der Waals surface area contributed by atoms with Gasteiger partial charge < -0.3 is 10.3 Å². The summed E-state index contributed by atoms with van der Waals surface area (Å²) in [7, 11) is 1.55. The quantitative estimate of drug-likeness (QED) is 0.680. The Kier molecular flexibility index (Phi) is 4.78. The molecule has 1 amide bonds. The molecule has 0 atom stereocenters. The van der Waals surface area contributed by atoms with Crippen LogP contribution in [0.1, 0.15) is 15.9 Å². The lowest BCUT2D eigenvalue weighted by molar-refractivity contribution is 0.0949. The Hall–Kier alpha value is -2.38. The number of hydrogen-bond donors (Lipinski definition) is 2. The summed E-state index contributed by atoms with van der Waals surface area (Å²) in [6, 6.07) is 8.46. The molecule has 0 radical (unpaired) electrons. The maximum Gasteiger partial charge on any atom is 0.266 e. The van der Waals surface area contributed by atoms with E-state index < -0.39 is 11.3 Å². The van der Waals surface area contributed by atoms with Crippen LogP contribution in [-0.2, 0) is 13.6 Å². The van der Waals surface area contributed by atoms with Crippen LogP contribution in [0.3, 0.4) is 0 Å². The standard InChI is InChI=1S/C17H13BrClN3O3/c1-22-15-11(6-13(18)17(22)25)14(23)12(8-20-15)16(24)21-7-9-2-4-10(19)5-3-9/h2-6,8H,7H2,1H3,(H,20,23)(H,21,24). The van der Waals surface area contributed by atoms with Crippen molar-refractivity contribution in [2.45, 2.75) is 6.54 Å². The summed E-state index contributed by atoms with van der Waals surface area (Å²) in [5.74, 6) is -0.497. The number of carbonyl (C=O) groups excluding carboxylic acids is 1. The molecular formula is C17H13BrClN3O3. The third-order valence-electron chi connectivity index (χ3n) is 3.82. The fraction of sp³-hybridized carbons (Fsp3) is 0.118. The van der Waals surface area contributed by atoms with Crippen LogP contribution < -0.4 is 16.3 Å². The van der Waals surface area contributed by atoms with Gasteiger partial charge in [-0.3, -0.25) is 19.0 Å². The number of nitrogens with zero attached hydrogens (tertiary/aromatic N) is 1. The minimum absolute atomic E-state index is 0.0213. The van der Waals surface area contributed by atoms with E-state index >= 15 is 0 Å². The summed E-state index contributed by atoms with van der Waals surface area (Å²) < 4.78 is 1.57. The van der Waals surface area contributed by atoms with E-state index in [-0.39, 0.29) is 27.5 Å². The zero-order valence-corrected chi connectivity index (χ0v) is 15.4. The Morgan fingerprint density at radius 3 is 2.64 bits per heavy atom. The van der Waals surface area contributed by atoms with E-state index in [1.807, 2.05) is 0 Å². The largest absolute Gasteiger partial charge is 0.348 e. The minimum atomic E-state index is -0.497. The predicted molar refractivity (Wildman–Crippen MR) is 100 cm³/mol. The number of aromatic amines is 1. The molecule has 0 spiro atoms. The number of aryl methyl sites for hydroxylation is 1. The molecule has 0 saturated carbocycles. The molecule has 0 aliphatic rings. The second-order valence-corrected chi connectivity index (χ2v) is 6.75. The molecule has 2 N–H and O–H groups in total. The Morgan fingerprint density at radius 2 is 1.96 bits per heavy atom. The van der Waals surface area contributed by atoms with E-state index in [1.54, 1.807) is 31.3 Å². The molecule has 0 bridgehead atoms. The van der Waals surface area contributed by atoms with Crippen molar-refractivity contribution in [2.24, 2.45) is 7.05 Å². The number of benzene rings is 1. The van der Waals surface area contributed by atoms with Crippen LogP contribution in [0.4, 0.5) is 0 Å². The number of hydrogen-bond acceptors (Lipinski definition) is 3. The molecule has 1 aromatic carbocycles. The molecule has 3 aromatic rings. The van der Waals surface area contributed by atoms with E-state index in [2.05, 4.69) is 26.2 Å². The van der Waals surface area contributed by atoms with Crippen LogP contribution >= 0.6 is 27.5 Å². The lowest BCUT2D eigenvalue weighted by Crippen LogP contribution is -2.30. The van der Waals surface area contributed by atoms with Crippen molar-refractivity contribution >= 4 is 44.5 Å². The second kappa shape index (κ2) is 6.85. The molecule has 6 nitrogen and oxygen atoms in total. The van der Waals surface area contributed by atoms with Crippen molar-refractivity contribution in [3.05, 3.63) is 77.7 Å². The summed E-state index contributed by atoms with van der Waals surface area (Å²) in [4.78, 5) is 39.7. The second-order valence-electron chi connectivity index (χ2n) is 5.46. The van der Waals surface area contributed by atoms with Gasteiger partial charge in [0.15, 0.2) is 0 Å². The number of aromatic nitrogens is 2. The SMILES string of the molecule is Cn1c(=O)c(Br)cc2c(=O)c(C(=O)NCc3ccc(Cl)cc3)c[nH]c21. The van der Waals surface area contributed by atoms with Crippen molar-refractivity contribution in [1.29, 1.82) is 0 Å². The van der Waals surface area contributed by atoms with E-state index in [4.69, 9.17) is 11.6 Å². The highest BCUT2D eigenvalue weighted by Gasteiger charge is 2.15. The van der Waals surface area contributed by atoms with E-state index in [9.17, 15) is 14.4 Å². The van der Waals surface area contributed by atoms with Crippen LogP contribution in [0.5, 0.6) is 0 Å². The average Bonchev–Trinajstić information content (AvgIpc) is 2.60. The highest BCUT2D eigenvalue weighted by molar-refractivity contribution is 9.10. The van der Waals surface area contributed by atoms with Crippen LogP contribution in [0.2, 0.25) is 5.02 Å². The van der Waals surface area contributed by atoms with Crippen LogP contribution in [0.25, 0.3) is 11.0 Å². The first-order valence-electron chi connectivity index (χ1n) is 7.32. The van der Waals surface area contributed by atoms with Gasteiger partial charge in [0.25, 0.3) is 11.5 Å². The lowest BCUT2D eigenvalue weighted by Gasteiger charge is -2.08. The first kappa shape index (κ1) is 17.4. The number of carbonyl (C=O) groups is 1. The molecule has 2 heterocycles. The topological polar surface area (TPSA) is 84.0 Å². The highest BCUT2D eigenvalue weighted by Crippen LogP contribution is 2.12. The number of H-pyrrole nitrogens is 1. The number of halogens is 2. The van der Waals surface area contributed by atoms with E-state index in [1.165, 1.54) is 16.8 Å². The van der Waals surface area contributed by atoms with Gasteiger partial charge in [-0.05, 0) is 39.7 Å². The van der Waals surface area contributed by atoms with Gasteiger partial charge >= 0.3 is 0 Å². The monoisotopic (exact) mass is 421 g/mol. The van der Waals surface area contributed by atoms with Crippen LogP contribution in [-0.4, -0.2) is 15.5 Å². The first-order chi connectivity index (χ1) is 11.9. The van der Waals surface area contributed by atoms with Gasteiger partial charge in [0.1, 0.15) is 11.2 Å². The van der Waals surface area contributed by atoms with E-state index in [0.717, 1.165) is 5.56 Å². The summed E-state index contributed by atoms with van der Waals surface area (Å²) in [5, 5.41) is 3.56. The zero-order valence-electron chi connectivity index (χ0n) is 13.1. The number of pyridine rings is 2. The fourth-order valence-electron chi connectivity index (χ4n) is 2.45. The van der Waals surface area contributed by atoms with Crippen molar-refractivity contribution < 1.29 is 4.79 Å². The maximum absolute atomic E-state index is 12.6. The molecule has 0 aliphatic heterocycles. The summed E-state index contributed by atoms with van der Waals surface area (Å²) >= 11 is 8.95. The van der Waals surface area contributed by atoms with Crippen molar-refractivity contribution in [3.8, 4) is 0 Å².